The third-order valence-corrected chi connectivity index (χ3v) is 5.53. The molecule has 1 aliphatic rings. The number of nitrogens with one attached hydrogen (secondary N) is 1. The van der Waals surface area contributed by atoms with Gasteiger partial charge in [-0.15, -0.1) is 0 Å². The lowest BCUT2D eigenvalue weighted by Crippen LogP contribution is -2.31. The normalized spacial score (nSPS) is 14.0. The summed E-state index contributed by atoms with van der Waals surface area (Å²) in [5, 5.41) is 23.1. The number of nitro groups is 1. The van der Waals surface area contributed by atoms with Crippen molar-refractivity contribution in [2.24, 2.45) is 0 Å². The molecule has 26 heavy (non-hydrogen) atoms. The van der Waals surface area contributed by atoms with E-state index in [1.807, 2.05) is 0 Å². The Morgan fingerprint density at radius 3 is 2.62 bits per heavy atom. The van der Waals surface area contributed by atoms with Gasteiger partial charge in [-0.25, -0.2) is 4.79 Å². The summed E-state index contributed by atoms with van der Waals surface area (Å²) in [7, 11) is 1.18. The van der Waals surface area contributed by atoms with Crippen LogP contribution in [0.25, 0.3) is 0 Å². The van der Waals surface area contributed by atoms with E-state index < -0.39 is 16.8 Å². The maximum absolute atomic E-state index is 12.6. The number of amides is 1. The number of β-amino-alcohol motifs (C(OH)–C–C–N with tert-alkyl or cyclic N) is 1. The lowest BCUT2D eigenvalue weighted by atomic mass is 10.2. The number of ether oxygens (including phenoxy) is 1. The molecular weight excluding hydrogens is 546 g/mol. The number of benzene rings is 1. The molecule has 1 heterocycles. The van der Waals surface area contributed by atoms with Gasteiger partial charge >= 0.3 is 5.97 Å². The zero-order chi connectivity index (χ0) is 19.6. The van der Waals surface area contributed by atoms with Crippen molar-refractivity contribution in [2.75, 3.05) is 32.1 Å². The highest BCUT2D eigenvalue weighted by Crippen LogP contribution is 2.44. The number of rotatable bonds is 6. The number of halogens is 3. The first-order valence-electron chi connectivity index (χ1n) is 7.03. The van der Waals surface area contributed by atoms with Crippen LogP contribution < -0.4 is 5.32 Å². The van der Waals surface area contributed by atoms with E-state index in [1.165, 1.54) is 18.1 Å². The quantitative estimate of drug-likeness (QED) is 0.313. The van der Waals surface area contributed by atoms with E-state index in [0.29, 0.717) is 4.47 Å². The number of hydrogen-bond donors (Lipinski definition) is 2. The maximum atomic E-state index is 12.6. The van der Waals surface area contributed by atoms with E-state index in [0.717, 1.165) is 0 Å². The maximum Gasteiger partial charge on any atom is 0.337 e. The lowest BCUT2D eigenvalue weighted by Gasteiger charge is -2.16. The number of anilines is 1. The van der Waals surface area contributed by atoms with Crippen molar-refractivity contribution in [3.8, 4) is 0 Å². The molecule has 0 saturated heterocycles. The second kappa shape index (κ2) is 8.46. The molecule has 1 aromatic rings. The number of carbonyl (C=O) groups is 2. The molecule has 0 unspecified atom stereocenters. The standard InChI is InChI=1S/C14H12Br3N3O6/c1-26-14(23)6-5-19(2-3-21)13(22)10(6)18-11-7(15)4-8(16)12(9(11)17)20(24)25/h4,18,21H,2-3,5H2,1H3. The SMILES string of the molecule is COC(=O)C1=C(Nc2c(Br)cc(Br)c([N+](=O)[O-])c2Br)C(=O)N(CCO)C1. The first kappa shape index (κ1) is 20.8. The Bertz CT molecular complexity index is 827. The molecule has 1 aromatic carbocycles. The summed E-state index contributed by atoms with van der Waals surface area (Å²) in [5.41, 5.74) is -0.0391. The van der Waals surface area contributed by atoms with Crippen molar-refractivity contribution < 1.29 is 24.4 Å². The summed E-state index contributed by atoms with van der Waals surface area (Å²) in [6, 6.07) is 1.45. The molecule has 0 saturated carbocycles. The van der Waals surface area contributed by atoms with Crippen molar-refractivity contribution in [1.29, 1.82) is 0 Å². The molecule has 0 atom stereocenters. The van der Waals surface area contributed by atoms with Crippen LogP contribution in [-0.2, 0) is 14.3 Å². The summed E-state index contributed by atoms with van der Waals surface area (Å²) in [4.78, 5) is 36.5. The Labute approximate surface area is 172 Å². The number of nitro benzene ring substituents is 1. The molecule has 0 aliphatic carbocycles. The van der Waals surface area contributed by atoms with Gasteiger partial charge in [0.05, 0.1) is 40.9 Å². The Kier molecular flexibility index (Phi) is 6.77. The van der Waals surface area contributed by atoms with Crippen LogP contribution in [0.15, 0.2) is 30.8 Å². The first-order valence-corrected chi connectivity index (χ1v) is 9.41. The number of aliphatic hydroxyl groups excluding tert-OH is 1. The number of hydrogen-bond acceptors (Lipinski definition) is 7. The van der Waals surface area contributed by atoms with E-state index in [-0.39, 0.29) is 51.3 Å². The van der Waals surface area contributed by atoms with Crippen molar-refractivity contribution >= 4 is 71.0 Å². The molecule has 0 bridgehead atoms. The Balaban J connectivity index is 2.54. The van der Waals surface area contributed by atoms with Gasteiger partial charge in [0.25, 0.3) is 11.6 Å². The minimum atomic E-state index is -0.708. The molecule has 9 nitrogen and oxygen atoms in total. The minimum absolute atomic E-state index is 0.0351. The fourth-order valence-electron chi connectivity index (χ4n) is 2.34. The van der Waals surface area contributed by atoms with E-state index in [9.17, 15) is 19.7 Å². The monoisotopic (exact) mass is 555 g/mol. The molecule has 0 aromatic heterocycles. The zero-order valence-electron chi connectivity index (χ0n) is 13.2. The van der Waals surface area contributed by atoms with Gasteiger partial charge in [-0.1, -0.05) is 0 Å². The molecular formula is C14H12Br3N3O6. The second-order valence-electron chi connectivity index (χ2n) is 5.06. The summed E-state index contributed by atoms with van der Waals surface area (Å²) < 4.78 is 5.45. The molecule has 1 amide bonds. The molecule has 12 heteroatoms. The molecule has 0 fully saturated rings. The Morgan fingerprint density at radius 2 is 2.08 bits per heavy atom. The van der Waals surface area contributed by atoms with Gasteiger partial charge in [-0.2, -0.15) is 0 Å². The van der Waals surface area contributed by atoms with Gasteiger partial charge in [-0.05, 0) is 53.9 Å². The molecule has 0 spiro atoms. The third kappa shape index (κ3) is 3.92. The van der Waals surface area contributed by atoms with Crippen LogP contribution in [0.3, 0.4) is 0 Å². The van der Waals surface area contributed by atoms with E-state index >= 15 is 0 Å². The highest BCUT2D eigenvalue weighted by Gasteiger charge is 2.35. The predicted octanol–water partition coefficient (Wildman–Crippen LogP) is 2.56. The van der Waals surface area contributed by atoms with Crippen molar-refractivity contribution in [1.82, 2.24) is 4.90 Å². The van der Waals surface area contributed by atoms with Crippen LogP contribution in [0.4, 0.5) is 11.4 Å². The highest BCUT2D eigenvalue weighted by atomic mass is 79.9. The average Bonchev–Trinajstić information content (AvgIpc) is 2.87. The Morgan fingerprint density at radius 1 is 1.42 bits per heavy atom. The molecule has 1 aliphatic heterocycles. The number of aliphatic hydroxyl groups is 1. The smallest absolute Gasteiger partial charge is 0.337 e. The predicted molar refractivity (Wildman–Crippen MR) is 103 cm³/mol. The van der Waals surface area contributed by atoms with Crippen LogP contribution in [0.2, 0.25) is 0 Å². The minimum Gasteiger partial charge on any atom is -0.466 e. The van der Waals surface area contributed by atoms with Crippen molar-refractivity contribution in [2.45, 2.75) is 0 Å². The number of methoxy groups -OCH3 is 1. The number of nitrogens with zero attached hydrogens (tertiary/aromatic N) is 2. The fraction of sp³-hybridized carbons (Fsp3) is 0.286. The molecule has 140 valence electrons. The largest absolute Gasteiger partial charge is 0.466 e. The summed E-state index contributed by atoms with van der Waals surface area (Å²) in [6.45, 7) is -0.278. The topological polar surface area (TPSA) is 122 Å². The van der Waals surface area contributed by atoms with Gasteiger partial charge in [0.15, 0.2) is 0 Å². The van der Waals surface area contributed by atoms with Gasteiger partial charge in [0, 0.05) is 11.0 Å². The molecule has 2 N–H and O–H groups in total. The lowest BCUT2D eigenvalue weighted by molar-refractivity contribution is -0.386. The number of esters is 1. The second-order valence-corrected chi connectivity index (χ2v) is 7.56. The van der Waals surface area contributed by atoms with E-state index in [2.05, 4.69) is 53.1 Å². The van der Waals surface area contributed by atoms with E-state index in [1.54, 1.807) is 0 Å². The van der Waals surface area contributed by atoms with Crippen molar-refractivity contribution in [3.63, 3.8) is 0 Å². The van der Waals surface area contributed by atoms with Gasteiger partial charge < -0.3 is 20.1 Å². The van der Waals surface area contributed by atoms with Crippen molar-refractivity contribution in [3.05, 3.63) is 40.9 Å². The van der Waals surface area contributed by atoms with Crippen LogP contribution in [0.5, 0.6) is 0 Å². The summed E-state index contributed by atoms with van der Waals surface area (Å²) in [5.74, 6) is -1.23. The van der Waals surface area contributed by atoms with Gasteiger partial charge in [0.1, 0.15) is 10.2 Å². The average molecular weight is 558 g/mol. The van der Waals surface area contributed by atoms with E-state index in [4.69, 9.17) is 9.84 Å². The van der Waals surface area contributed by atoms with Gasteiger partial charge in [-0.3, -0.25) is 14.9 Å². The summed E-state index contributed by atoms with van der Waals surface area (Å²) >= 11 is 9.56. The molecule has 2 rings (SSSR count). The first-order chi connectivity index (χ1) is 12.2. The van der Waals surface area contributed by atoms with Crippen LogP contribution in [0, 0.1) is 10.1 Å². The summed E-state index contributed by atoms with van der Waals surface area (Å²) in [6.07, 6.45) is 0. The Hall–Kier alpha value is -1.50. The number of carbonyl (C=O) groups excluding carboxylic acids is 2. The van der Waals surface area contributed by atoms with Crippen LogP contribution >= 0.6 is 47.8 Å². The third-order valence-electron chi connectivity index (χ3n) is 3.53. The van der Waals surface area contributed by atoms with Gasteiger partial charge in [0.2, 0.25) is 0 Å². The molecule has 0 radical (unpaired) electrons. The zero-order valence-corrected chi connectivity index (χ0v) is 18.0. The highest BCUT2D eigenvalue weighted by molar-refractivity contribution is 9.11. The fourth-order valence-corrected chi connectivity index (χ4v) is 4.94. The van der Waals surface area contributed by atoms with Crippen LogP contribution in [0.1, 0.15) is 0 Å². The van der Waals surface area contributed by atoms with Crippen LogP contribution in [-0.4, -0.2) is 53.6 Å².